The number of hydrogen-bond donors (Lipinski definition) is 1. The second-order valence-electron chi connectivity index (χ2n) is 4.86. The van der Waals surface area contributed by atoms with Crippen molar-refractivity contribution in [2.75, 3.05) is 6.54 Å². The van der Waals surface area contributed by atoms with Crippen molar-refractivity contribution >= 4 is 8.07 Å². The van der Waals surface area contributed by atoms with Crippen LogP contribution in [-0.4, -0.2) is 19.6 Å². The van der Waals surface area contributed by atoms with Gasteiger partial charge in [-0.2, -0.15) is 0 Å². The fourth-order valence-electron chi connectivity index (χ4n) is 1.55. The van der Waals surface area contributed by atoms with Crippen LogP contribution in [0.4, 0.5) is 0 Å². The quantitative estimate of drug-likeness (QED) is 0.771. The molecule has 0 bridgehead atoms. The molecule has 78 valence electrons. The molecule has 0 aromatic carbocycles. The van der Waals surface area contributed by atoms with Crippen LogP contribution in [0.3, 0.4) is 0 Å². The zero-order valence-corrected chi connectivity index (χ0v) is 10.3. The maximum absolute atomic E-state index is 5.82. The second-order valence-corrected chi connectivity index (χ2v) is 10.4. The summed E-state index contributed by atoms with van der Waals surface area (Å²) in [6.45, 7) is 7.92. The third-order valence-electron chi connectivity index (χ3n) is 2.71. The van der Waals surface area contributed by atoms with E-state index in [1.165, 1.54) is 5.56 Å². The first-order valence-electron chi connectivity index (χ1n) is 5.13. The van der Waals surface area contributed by atoms with Crippen molar-refractivity contribution in [1.82, 2.24) is 4.98 Å². The smallest absolute Gasteiger partial charge is 0.0491 e. The van der Waals surface area contributed by atoms with E-state index in [0.29, 0.717) is 5.54 Å². The largest absolute Gasteiger partial charge is 0.330 e. The highest BCUT2D eigenvalue weighted by atomic mass is 28.3. The lowest BCUT2D eigenvalue weighted by Gasteiger charge is -2.27. The van der Waals surface area contributed by atoms with Crippen molar-refractivity contribution in [2.24, 2.45) is 5.73 Å². The SMILES string of the molecule is C[Si](C)(C)C(CN)Cc1cccnc1. The van der Waals surface area contributed by atoms with E-state index in [4.69, 9.17) is 5.73 Å². The van der Waals surface area contributed by atoms with Crippen molar-refractivity contribution < 1.29 is 0 Å². The van der Waals surface area contributed by atoms with Gasteiger partial charge in [0.05, 0.1) is 0 Å². The predicted octanol–water partition coefficient (Wildman–Crippen LogP) is 2.29. The van der Waals surface area contributed by atoms with E-state index < -0.39 is 8.07 Å². The lowest BCUT2D eigenvalue weighted by atomic mass is 10.1. The minimum absolute atomic E-state index is 0.659. The summed E-state index contributed by atoms with van der Waals surface area (Å²) in [6.07, 6.45) is 4.85. The minimum Gasteiger partial charge on any atom is -0.330 e. The number of rotatable bonds is 4. The molecule has 0 spiro atoms. The highest BCUT2D eigenvalue weighted by Gasteiger charge is 2.25. The van der Waals surface area contributed by atoms with Gasteiger partial charge in [-0.05, 0) is 30.1 Å². The first-order chi connectivity index (χ1) is 6.54. The Morgan fingerprint density at radius 3 is 2.57 bits per heavy atom. The molecule has 0 aliphatic heterocycles. The molecule has 0 radical (unpaired) electrons. The average molecular weight is 208 g/mol. The molecule has 2 nitrogen and oxygen atoms in total. The van der Waals surface area contributed by atoms with Crippen molar-refractivity contribution in [2.45, 2.75) is 31.6 Å². The molecule has 0 fully saturated rings. The van der Waals surface area contributed by atoms with E-state index in [2.05, 4.69) is 30.7 Å². The standard InChI is InChI=1S/C11H20N2Si/c1-14(2,3)11(8-12)7-10-5-4-6-13-9-10/h4-6,9,11H,7-8,12H2,1-3H3. The Labute approximate surface area is 87.6 Å². The lowest BCUT2D eigenvalue weighted by molar-refractivity contribution is 0.793. The predicted molar refractivity (Wildman–Crippen MR) is 64.1 cm³/mol. The van der Waals surface area contributed by atoms with Gasteiger partial charge in [0, 0.05) is 20.5 Å². The van der Waals surface area contributed by atoms with E-state index in [1.54, 1.807) is 0 Å². The summed E-state index contributed by atoms with van der Waals surface area (Å²) in [5.41, 5.74) is 7.79. The van der Waals surface area contributed by atoms with Gasteiger partial charge in [0.15, 0.2) is 0 Å². The molecule has 0 saturated heterocycles. The highest BCUT2D eigenvalue weighted by Crippen LogP contribution is 2.24. The lowest BCUT2D eigenvalue weighted by Crippen LogP contribution is -2.34. The first kappa shape index (κ1) is 11.4. The maximum atomic E-state index is 5.82. The zero-order valence-electron chi connectivity index (χ0n) is 9.33. The summed E-state index contributed by atoms with van der Waals surface area (Å²) >= 11 is 0. The van der Waals surface area contributed by atoms with Crippen LogP contribution in [0, 0.1) is 0 Å². The van der Waals surface area contributed by atoms with Gasteiger partial charge >= 0.3 is 0 Å². The van der Waals surface area contributed by atoms with Crippen LogP contribution in [0.15, 0.2) is 24.5 Å². The van der Waals surface area contributed by atoms with Crippen molar-refractivity contribution in [3.05, 3.63) is 30.1 Å². The van der Waals surface area contributed by atoms with Crippen LogP contribution in [0.25, 0.3) is 0 Å². The number of hydrogen-bond acceptors (Lipinski definition) is 2. The Morgan fingerprint density at radius 2 is 2.14 bits per heavy atom. The Balaban J connectivity index is 2.67. The molecule has 1 rings (SSSR count). The maximum Gasteiger partial charge on any atom is 0.0491 e. The summed E-state index contributed by atoms with van der Waals surface area (Å²) in [7, 11) is -1.12. The molecule has 3 heteroatoms. The average Bonchev–Trinajstić information content (AvgIpc) is 2.14. The normalized spacial score (nSPS) is 14.0. The van der Waals surface area contributed by atoms with Gasteiger partial charge < -0.3 is 5.73 Å². The van der Waals surface area contributed by atoms with E-state index in [9.17, 15) is 0 Å². The van der Waals surface area contributed by atoms with Crippen molar-refractivity contribution in [3.63, 3.8) is 0 Å². The van der Waals surface area contributed by atoms with Crippen LogP contribution < -0.4 is 5.73 Å². The summed E-state index contributed by atoms with van der Waals surface area (Å²) in [5, 5.41) is 0. The number of aromatic nitrogens is 1. The van der Waals surface area contributed by atoms with Crippen LogP contribution >= 0.6 is 0 Å². The molecule has 1 aromatic rings. The molecular weight excluding hydrogens is 188 g/mol. The summed E-state index contributed by atoms with van der Waals surface area (Å²) < 4.78 is 0. The van der Waals surface area contributed by atoms with Crippen LogP contribution in [0.2, 0.25) is 25.2 Å². The van der Waals surface area contributed by atoms with Gasteiger partial charge in [0.25, 0.3) is 0 Å². The highest BCUT2D eigenvalue weighted by molar-refractivity contribution is 6.77. The fourth-order valence-corrected chi connectivity index (χ4v) is 3.10. The van der Waals surface area contributed by atoms with Crippen molar-refractivity contribution in [3.8, 4) is 0 Å². The molecule has 0 aliphatic rings. The van der Waals surface area contributed by atoms with Gasteiger partial charge in [-0.15, -0.1) is 0 Å². The molecule has 14 heavy (non-hydrogen) atoms. The zero-order chi connectivity index (χ0) is 10.6. The Hall–Kier alpha value is -0.673. The van der Waals surface area contributed by atoms with Gasteiger partial charge in [-0.3, -0.25) is 4.98 Å². The Kier molecular flexibility index (Phi) is 3.83. The summed E-state index contributed by atoms with van der Waals surface area (Å²) in [4.78, 5) is 4.13. The molecule has 1 unspecified atom stereocenters. The number of nitrogens with zero attached hydrogens (tertiary/aromatic N) is 1. The van der Waals surface area contributed by atoms with Crippen molar-refractivity contribution in [1.29, 1.82) is 0 Å². The van der Waals surface area contributed by atoms with E-state index in [0.717, 1.165) is 13.0 Å². The van der Waals surface area contributed by atoms with E-state index >= 15 is 0 Å². The molecule has 0 amide bonds. The number of nitrogens with two attached hydrogens (primary N) is 1. The third kappa shape index (κ3) is 3.23. The van der Waals surface area contributed by atoms with E-state index in [1.807, 2.05) is 18.5 Å². The van der Waals surface area contributed by atoms with Gasteiger partial charge in [0.1, 0.15) is 0 Å². The topological polar surface area (TPSA) is 38.9 Å². The van der Waals surface area contributed by atoms with Crippen LogP contribution in [-0.2, 0) is 6.42 Å². The number of pyridine rings is 1. The summed E-state index contributed by atoms with van der Waals surface area (Å²) in [6, 6.07) is 4.13. The third-order valence-corrected chi connectivity index (χ3v) is 5.60. The first-order valence-corrected chi connectivity index (χ1v) is 8.70. The van der Waals surface area contributed by atoms with Gasteiger partial charge in [0.2, 0.25) is 0 Å². The van der Waals surface area contributed by atoms with Gasteiger partial charge in [-0.25, -0.2) is 0 Å². The molecule has 2 N–H and O–H groups in total. The minimum atomic E-state index is -1.12. The molecule has 0 saturated carbocycles. The Morgan fingerprint density at radius 1 is 1.43 bits per heavy atom. The molecule has 1 heterocycles. The van der Waals surface area contributed by atoms with Gasteiger partial charge in [-0.1, -0.05) is 25.7 Å². The van der Waals surface area contributed by atoms with Crippen LogP contribution in [0.5, 0.6) is 0 Å². The summed E-state index contributed by atoms with van der Waals surface area (Å²) in [5.74, 6) is 0. The molecule has 1 atom stereocenters. The van der Waals surface area contributed by atoms with Crippen LogP contribution in [0.1, 0.15) is 5.56 Å². The Bertz CT molecular complexity index is 266. The molecule has 0 aliphatic carbocycles. The van der Waals surface area contributed by atoms with E-state index in [-0.39, 0.29) is 0 Å². The molecular formula is C11H20N2Si. The fraction of sp³-hybridized carbons (Fsp3) is 0.545. The molecule has 1 aromatic heterocycles. The monoisotopic (exact) mass is 208 g/mol. The second kappa shape index (κ2) is 4.71.